The molecule has 1 aromatic heterocycles. The lowest BCUT2D eigenvalue weighted by Gasteiger charge is -2.15. The Bertz CT molecular complexity index is 558. The topological polar surface area (TPSA) is 58.3 Å². The van der Waals surface area contributed by atoms with Crippen LogP contribution in [-0.2, 0) is 13.0 Å². The fourth-order valence-electron chi connectivity index (χ4n) is 2.52. The van der Waals surface area contributed by atoms with Crippen LogP contribution >= 0.6 is 0 Å². The average molecular weight is 288 g/mol. The number of benzene rings is 1. The number of nitrogens with zero attached hydrogens (tertiary/aromatic N) is 1. The number of aliphatic hydroxyl groups is 1. The Morgan fingerprint density at radius 1 is 1.33 bits per heavy atom. The summed E-state index contributed by atoms with van der Waals surface area (Å²) in [7, 11) is 0. The monoisotopic (exact) mass is 288 g/mol. The second kappa shape index (κ2) is 7.38. The molecular weight excluding hydrogens is 264 g/mol. The first-order valence-corrected chi connectivity index (χ1v) is 7.46. The summed E-state index contributed by atoms with van der Waals surface area (Å²) in [5, 5.41) is 16.7. The number of nitrogens with one attached hydrogen (secondary N) is 1. The first-order chi connectivity index (χ1) is 10.1. The maximum atomic E-state index is 9.18. The number of aryl methyl sites for hydroxylation is 2. The van der Waals surface area contributed by atoms with Gasteiger partial charge in [-0.05, 0) is 51.3 Å². The molecule has 0 aliphatic rings. The van der Waals surface area contributed by atoms with Crippen LogP contribution in [0.2, 0.25) is 0 Å². The van der Waals surface area contributed by atoms with E-state index in [1.54, 1.807) is 0 Å². The summed E-state index contributed by atoms with van der Waals surface area (Å²) in [6.07, 6.45) is 2.03. The van der Waals surface area contributed by atoms with E-state index < -0.39 is 0 Å². The van der Waals surface area contributed by atoms with E-state index in [2.05, 4.69) is 23.5 Å². The molecule has 4 nitrogen and oxygen atoms in total. The van der Waals surface area contributed by atoms with Crippen molar-refractivity contribution in [1.82, 2.24) is 10.5 Å². The minimum atomic E-state index is 0.0899. The molecule has 0 radical (unpaired) electrons. The Kier molecular flexibility index (Phi) is 5.53. The number of aromatic nitrogens is 1. The van der Waals surface area contributed by atoms with E-state index in [0.717, 1.165) is 36.4 Å². The fraction of sp³-hybridized carbons (Fsp3) is 0.471. The van der Waals surface area contributed by atoms with Crippen LogP contribution in [0.1, 0.15) is 47.5 Å². The molecule has 2 aromatic rings. The van der Waals surface area contributed by atoms with Crippen molar-refractivity contribution < 1.29 is 9.63 Å². The van der Waals surface area contributed by atoms with Gasteiger partial charge in [0.25, 0.3) is 0 Å². The molecule has 4 heteroatoms. The van der Waals surface area contributed by atoms with E-state index in [0.29, 0.717) is 0 Å². The molecule has 114 valence electrons. The molecule has 0 bridgehead atoms. The molecule has 0 aliphatic heterocycles. The maximum absolute atomic E-state index is 9.18. The minimum Gasteiger partial charge on any atom is -0.392 e. The number of hydrogen-bond donors (Lipinski definition) is 2. The predicted octanol–water partition coefficient (Wildman–Crippen LogP) is 3.07. The Morgan fingerprint density at radius 2 is 2.14 bits per heavy atom. The molecule has 2 rings (SSSR count). The van der Waals surface area contributed by atoms with E-state index in [9.17, 15) is 5.11 Å². The van der Waals surface area contributed by atoms with Crippen LogP contribution in [0.15, 0.2) is 28.8 Å². The van der Waals surface area contributed by atoms with Crippen molar-refractivity contribution in [2.75, 3.05) is 6.54 Å². The van der Waals surface area contributed by atoms with Crippen LogP contribution in [0.3, 0.4) is 0 Å². The first-order valence-electron chi connectivity index (χ1n) is 7.46. The van der Waals surface area contributed by atoms with Gasteiger partial charge in [-0.15, -0.1) is 0 Å². The third-order valence-corrected chi connectivity index (χ3v) is 3.87. The van der Waals surface area contributed by atoms with E-state index in [1.807, 2.05) is 32.0 Å². The molecule has 0 aliphatic carbocycles. The highest BCUT2D eigenvalue weighted by molar-refractivity contribution is 5.25. The molecule has 0 spiro atoms. The average Bonchev–Trinajstić information content (AvgIpc) is 2.82. The van der Waals surface area contributed by atoms with Gasteiger partial charge in [-0.1, -0.05) is 29.4 Å². The predicted molar refractivity (Wildman–Crippen MR) is 83.1 cm³/mol. The zero-order chi connectivity index (χ0) is 15.2. The Balaban J connectivity index is 1.80. The van der Waals surface area contributed by atoms with Crippen LogP contribution in [0.5, 0.6) is 0 Å². The molecule has 21 heavy (non-hydrogen) atoms. The summed E-state index contributed by atoms with van der Waals surface area (Å²) >= 11 is 0. The quantitative estimate of drug-likeness (QED) is 0.769. The molecule has 0 amide bonds. The van der Waals surface area contributed by atoms with E-state index in [4.69, 9.17) is 4.52 Å². The second-order valence-electron chi connectivity index (χ2n) is 5.49. The van der Waals surface area contributed by atoms with Crippen LogP contribution < -0.4 is 5.32 Å². The normalized spacial score (nSPS) is 12.6. The summed E-state index contributed by atoms with van der Waals surface area (Å²) < 4.78 is 5.17. The van der Waals surface area contributed by atoms with Crippen LogP contribution in [0.4, 0.5) is 0 Å². The second-order valence-corrected chi connectivity index (χ2v) is 5.49. The molecule has 0 saturated heterocycles. The van der Waals surface area contributed by atoms with Crippen LogP contribution in [-0.4, -0.2) is 16.8 Å². The SMILES string of the molecule is Cc1noc(C)c1CCCNC(C)c1cccc(CO)c1. The Morgan fingerprint density at radius 3 is 2.81 bits per heavy atom. The van der Waals surface area contributed by atoms with Gasteiger partial charge in [-0.2, -0.15) is 0 Å². The maximum Gasteiger partial charge on any atom is 0.137 e. The molecule has 2 N–H and O–H groups in total. The van der Waals surface area contributed by atoms with Crippen molar-refractivity contribution in [3.8, 4) is 0 Å². The van der Waals surface area contributed by atoms with Gasteiger partial charge in [0.1, 0.15) is 5.76 Å². The third kappa shape index (κ3) is 4.16. The highest BCUT2D eigenvalue weighted by Gasteiger charge is 2.09. The lowest BCUT2D eigenvalue weighted by atomic mass is 10.0. The third-order valence-electron chi connectivity index (χ3n) is 3.87. The van der Waals surface area contributed by atoms with Crippen LogP contribution in [0.25, 0.3) is 0 Å². The smallest absolute Gasteiger partial charge is 0.137 e. The van der Waals surface area contributed by atoms with Gasteiger partial charge in [0.15, 0.2) is 0 Å². The van der Waals surface area contributed by atoms with E-state index in [-0.39, 0.29) is 12.6 Å². The van der Waals surface area contributed by atoms with Gasteiger partial charge < -0.3 is 14.9 Å². The van der Waals surface area contributed by atoms with Gasteiger partial charge in [0.2, 0.25) is 0 Å². The molecule has 1 heterocycles. The summed E-state index contributed by atoms with van der Waals surface area (Å²) in [5.41, 5.74) is 4.39. The van der Waals surface area contributed by atoms with Gasteiger partial charge >= 0.3 is 0 Å². The number of rotatable bonds is 7. The zero-order valence-electron chi connectivity index (χ0n) is 13.0. The molecule has 0 saturated carbocycles. The Labute approximate surface area is 126 Å². The summed E-state index contributed by atoms with van der Waals surface area (Å²) in [6.45, 7) is 7.13. The summed E-state index contributed by atoms with van der Waals surface area (Å²) in [5.74, 6) is 0.927. The lowest BCUT2D eigenvalue weighted by Crippen LogP contribution is -2.20. The highest BCUT2D eigenvalue weighted by Crippen LogP contribution is 2.16. The van der Waals surface area contributed by atoms with Crippen molar-refractivity contribution in [2.24, 2.45) is 0 Å². The number of hydrogen-bond acceptors (Lipinski definition) is 4. The van der Waals surface area contributed by atoms with Gasteiger partial charge in [0.05, 0.1) is 12.3 Å². The fourth-order valence-corrected chi connectivity index (χ4v) is 2.52. The van der Waals surface area contributed by atoms with Crippen molar-refractivity contribution >= 4 is 0 Å². The largest absolute Gasteiger partial charge is 0.392 e. The Hall–Kier alpha value is -1.65. The van der Waals surface area contributed by atoms with Crippen molar-refractivity contribution in [1.29, 1.82) is 0 Å². The summed E-state index contributed by atoms with van der Waals surface area (Å²) in [4.78, 5) is 0. The van der Waals surface area contributed by atoms with Gasteiger partial charge in [-0.3, -0.25) is 0 Å². The van der Waals surface area contributed by atoms with Gasteiger partial charge in [0, 0.05) is 11.6 Å². The van der Waals surface area contributed by atoms with Crippen molar-refractivity contribution in [3.05, 3.63) is 52.4 Å². The van der Waals surface area contributed by atoms with Crippen LogP contribution in [0, 0.1) is 13.8 Å². The lowest BCUT2D eigenvalue weighted by molar-refractivity contribution is 0.281. The molecule has 1 atom stereocenters. The zero-order valence-corrected chi connectivity index (χ0v) is 13.0. The molecule has 1 unspecified atom stereocenters. The number of aliphatic hydroxyl groups excluding tert-OH is 1. The highest BCUT2D eigenvalue weighted by atomic mass is 16.5. The standard InChI is InChI=1S/C17H24N2O2/c1-12(16-7-4-6-15(10-16)11-20)18-9-5-8-17-13(2)19-21-14(17)3/h4,6-7,10,12,18,20H,5,8-9,11H2,1-3H3. The van der Waals surface area contributed by atoms with Gasteiger partial charge in [-0.25, -0.2) is 0 Å². The van der Waals surface area contributed by atoms with Crippen molar-refractivity contribution in [2.45, 2.75) is 46.3 Å². The van der Waals surface area contributed by atoms with E-state index >= 15 is 0 Å². The first kappa shape index (κ1) is 15.7. The summed E-state index contributed by atoms with van der Waals surface area (Å²) in [6, 6.07) is 8.34. The molecule has 1 aromatic carbocycles. The van der Waals surface area contributed by atoms with E-state index in [1.165, 1.54) is 11.1 Å². The van der Waals surface area contributed by atoms with Crippen molar-refractivity contribution in [3.63, 3.8) is 0 Å². The molecular formula is C17H24N2O2. The molecule has 0 fully saturated rings. The minimum absolute atomic E-state index is 0.0899.